The summed E-state index contributed by atoms with van der Waals surface area (Å²) in [6, 6.07) is 0. The molecule has 0 aliphatic carbocycles. The monoisotopic (exact) mass is 446 g/mol. The predicted molar refractivity (Wildman–Crippen MR) is 95.8 cm³/mol. The van der Waals surface area contributed by atoms with E-state index in [1.807, 2.05) is 0 Å². The third-order valence-electron chi connectivity index (χ3n) is 2.10. The van der Waals surface area contributed by atoms with Gasteiger partial charge in [-0.3, -0.25) is 28.8 Å². The van der Waals surface area contributed by atoms with Crippen LogP contribution in [0.1, 0.15) is 60.8 Å². The predicted octanol–water partition coefficient (Wildman–Crippen LogP) is 1.58. The maximum atomic E-state index is 10.4. The number of esters is 3. The van der Waals surface area contributed by atoms with Gasteiger partial charge in [-0.15, -0.1) is 0 Å². The topological polar surface area (TPSA) is 130 Å². The van der Waals surface area contributed by atoms with E-state index >= 15 is 0 Å². The molecule has 0 aliphatic rings. The Balaban J connectivity index is -0.000000152. The first-order chi connectivity index (χ1) is 12.5. The molecule has 0 aromatic rings. The number of rotatable bonds is 9. The van der Waals surface area contributed by atoms with E-state index in [9.17, 15) is 28.8 Å². The van der Waals surface area contributed by atoms with Crippen molar-refractivity contribution < 1.29 is 60.0 Å². The average Bonchev–Trinajstić information content (AvgIpc) is 2.46. The Kier molecular flexibility index (Phi) is 27.5. The van der Waals surface area contributed by atoms with Gasteiger partial charge in [0.05, 0.1) is 19.8 Å². The van der Waals surface area contributed by atoms with Crippen LogP contribution >= 0.6 is 0 Å². The Bertz CT molecular complexity index is 430. The number of hydrogen-bond donors (Lipinski definition) is 0. The van der Waals surface area contributed by atoms with E-state index in [0.29, 0.717) is 19.8 Å². The fourth-order valence-corrected chi connectivity index (χ4v) is 1.25. The van der Waals surface area contributed by atoms with Gasteiger partial charge in [0.25, 0.3) is 0 Å². The molecule has 0 N–H and O–H groups in total. The molecular formula is C18H30FeO9+3. The smallest absolute Gasteiger partial charge is 0.466 e. The molecule has 0 saturated heterocycles. The molecule has 28 heavy (non-hydrogen) atoms. The number of carbonyl (C=O) groups is 6. The molecule has 0 atom stereocenters. The molecule has 0 aliphatic heterocycles. The number of hydrogen-bond acceptors (Lipinski definition) is 9. The van der Waals surface area contributed by atoms with Crippen LogP contribution < -0.4 is 0 Å². The van der Waals surface area contributed by atoms with Crippen LogP contribution in [0.5, 0.6) is 0 Å². The van der Waals surface area contributed by atoms with Gasteiger partial charge in [-0.25, -0.2) is 0 Å². The van der Waals surface area contributed by atoms with E-state index in [1.165, 1.54) is 20.8 Å². The second kappa shape index (κ2) is 23.0. The van der Waals surface area contributed by atoms with Gasteiger partial charge in [0, 0.05) is 0 Å². The molecule has 1 radical (unpaired) electrons. The van der Waals surface area contributed by atoms with Crippen LogP contribution in [0.15, 0.2) is 0 Å². The van der Waals surface area contributed by atoms with Crippen LogP contribution in [0, 0.1) is 0 Å². The third kappa shape index (κ3) is 35.1. The molecule has 0 aromatic carbocycles. The molecule has 0 heterocycles. The Morgan fingerprint density at radius 1 is 0.500 bits per heavy atom. The van der Waals surface area contributed by atoms with Gasteiger partial charge in [0.2, 0.25) is 0 Å². The zero-order valence-corrected chi connectivity index (χ0v) is 18.4. The number of carbonyl (C=O) groups excluding carboxylic acids is 6. The summed E-state index contributed by atoms with van der Waals surface area (Å²) in [5.74, 6) is -1.80. The van der Waals surface area contributed by atoms with Gasteiger partial charge in [-0.1, -0.05) is 0 Å². The molecule has 0 bridgehead atoms. The maximum Gasteiger partial charge on any atom is 3.00 e. The number of ether oxygens (including phenoxy) is 3. The summed E-state index contributed by atoms with van der Waals surface area (Å²) >= 11 is 0. The summed E-state index contributed by atoms with van der Waals surface area (Å²) in [6.07, 6.45) is -0.310. The van der Waals surface area contributed by atoms with E-state index in [0.717, 1.165) is 0 Å². The molecule has 0 saturated carbocycles. The molecule has 161 valence electrons. The molecule has 0 unspecified atom stereocenters. The molecule has 9 nitrogen and oxygen atoms in total. The third-order valence-corrected chi connectivity index (χ3v) is 2.10. The van der Waals surface area contributed by atoms with Crippen LogP contribution in [0.4, 0.5) is 0 Å². The first-order valence-electron chi connectivity index (χ1n) is 8.45. The first-order valence-corrected chi connectivity index (χ1v) is 8.45. The fourth-order valence-electron chi connectivity index (χ4n) is 1.25. The normalized spacial score (nSPS) is 8.36. The zero-order valence-electron chi connectivity index (χ0n) is 17.3. The van der Waals surface area contributed by atoms with Gasteiger partial charge in [-0.05, 0) is 41.5 Å². The van der Waals surface area contributed by atoms with Gasteiger partial charge >= 0.3 is 35.0 Å². The van der Waals surface area contributed by atoms with E-state index in [-0.39, 0.29) is 53.7 Å². The van der Waals surface area contributed by atoms with Crippen molar-refractivity contribution in [1.29, 1.82) is 0 Å². The van der Waals surface area contributed by atoms with Crippen LogP contribution in [0.2, 0.25) is 0 Å². The molecule has 0 rings (SSSR count). The average molecular weight is 446 g/mol. The molecule has 0 fully saturated rings. The Labute approximate surface area is 176 Å². The number of Topliss-reactive ketones (excluding diaryl/α,β-unsaturated/α-hetero) is 3. The minimum atomic E-state index is -0.440. The van der Waals surface area contributed by atoms with E-state index in [4.69, 9.17) is 0 Å². The minimum Gasteiger partial charge on any atom is -0.466 e. The molecule has 10 heteroatoms. The van der Waals surface area contributed by atoms with Crippen molar-refractivity contribution in [1.82, 2.24) is 0 Å². The largest absolute Gasteiger partial charge is 3.00 e. The summed E-state index contributed by atoms with van der Waals surface area (Å²) < 4.78 is 13.5. The second-order valence-corrected chi connectivity index (χ2v) is 5.05. The Morgan fingerprint density at radius 2 is 0.679 bits per heavy atom. The standard InChI is InChI=1S/3C6H10O3.Fe/c3*1-3-9-6(8)4-5(2)7;/h3*3-4H2,1-2H3;/q;;;+3. The van der Waals surface area contributed by atoms with Crippen molar-refractivity contribution in [2.75, 3.05) is 19.8 Å². The van der Waals surface area contributed by atoms with Crippen LogP contribution in [0.25, 0.3) is 0 Å². The van der Waals surface area contributed by atoms with Crippen LogP contribution in [-0.2, 0) is 60.0 Å². The van der Waals surface area contributed by atoms with Crippen molar-refractivity contribution in [3.8, 4) is 0 Å². The van der Waals surface area contributed by atoms with Gasteiger partial charge in [0.1, 0.15) is 36.6 Å². The van der Waals surface area contributed by atoms with Crippen molar-refractivity contribution in [2.45, 2.75) is 60.8 Å². The SMILES string of the molecule is CCOC(=O)CC(C)=O.CCOC(=O)CC(C)=O.CCOC(=O)CC(C)=O.[Fe+3]. The summed E-state index contributed by atoms with van der Waals surface area (Å²) in [4.78, 5) is 61.9. The van der Waals surface area contributed by atoms with Crippen molar-refractivity contribution in [3.05, 3.63) is 0 Å². The minimum absolute atomic E-state index is 0. The Hall–Kier alpha value is -2.06. The summed E-state index contributed by atoms with van der Waals surface area (Å²) in [6.45, 7) is 10.2. The van der Waals surface area contributed by atoms with Crippen molar-refractivity contribution >= 4 is 35.3 Å². The van der Waals surface area contributed by atoms with Crippen LogP contribution in [-0.4, -0.2) is 55.1 Å². The van der Waals surface area contributed by atoms with Crippen LogP contribution in [0.3, 0.4) is 0 Å². The second-order valence-electron chi connectivity index (χ2n) is 5.05. The van der Waals surface area contributed by atoms with E-state index in [1.54, 1.807) is 20.8 Å². The maximum absolute atomic E-state index is 10.4. The fraction of sp³-hybridized carbons (Fsp3) is 0.667. The summed E-state index contributed by atoms with van der Waals surface area (Å²) in [5.41, 5.74) is 0. The molecular weight excluding hydrogens is 416 g/mol. The Morgan fingerprint density at radius 3 is 0.786 bits per heavy atom. The van der Waals surface area contributed by atoms with E-state index in [2.05, 4.69) is 14.2 Å². The van der Waals surface area contributed by atoms with Crippen molar-refractivity contribution in [3.63, 3.8) is 0 Å². The molecule has 0 aromatic heterocycles. The molecule has 0 spiro atoms. The van der Waals surface area contributed by atoms with Gasteiger partial charge in [-0.2, -0.15) is 0 Å². The van der Waals surface area contributed by atoms with Crippen molar-refractivity contribution in [2.24, 2.45) is 0 Å². The summed E-state index contributed by atoms with van der Waals surface area (Å²) in [7, 11) is 0. The van der Waals surface area contributed by atoms with Gasteiger partial charge in [0.15, 0.2) is 0 Å². The summed E-state index contributed by atoms with van der Waals surface area (Å²) in [5, 5.41) is 0. The zero-order chi connectivity index (χ0) is 21.8. The van der Waals surface area contributed by atoms with Gasteiger partial charge < -0.3 is 14.2 Å². The first kappa shape index (κ1) is 33.5. The molecule has 0 amide bonds. The number of ketones is 3. The van der Waals surface area contributed by atoms with E-state index < -0.39 is 17.9 Å². The quantitative estimate of drug-likeness (QED) is 0.224.